The van der Waals surface area contributed by atoms with Crippen LogP contribution in [0.1, 0.15) is 55.8 Å². The summed E-state index contributed by atoms with van der Waals surface area (Å²) in [6.07, 6.45) is -0.0322. The zero-order valence-corrected chi connectivity index (χ0v) is 22.8. The Morgan fingerprint density at radius 1 is 1.10 bits per heavy atom. The predicted octanol–water partition coefficient (Wildman–Crippen LogP) is 5.43. The number of hydrogen-bond acceptors (Lipinski definition) is 7. The van der Waals surface area contributed by atoms with Crippen LogP contribution in [0.4, 0.5) is 19.0 Å². The highest BCUT2D eigenvalue weighted by Crippen LogP contribution is 2.39. The highest BCUT2D eigenvalue weighted by Gasteiger charge is 2.37. The van der Waals surface area contributed by atoms with Gasteiger partial charge in [0, 0.05) is 18.3 Å². The molecule has 0 saturated heterocycles. The van der Waals surface area contributed by atoms with Crippen LogP contribution in [0.3, 0.4) is 0 Å². The van der Waals surface area contributed by atoms with Gasteiger partial charge in [-0.1, -0.05) is 32.0 Å². The minimum absolute atomic E-state index is 0.00186. The zero-order chi connectivity index (χ0) is 28.2. The molecule has 3 atom stereocenters. The third-order valence-corrected chi connectivity index (χ3v) is 8.60. The fourth-order valence-corrected chi connectivity index (χ4v) is 6.37. The Hall–Kier alpha value is -3.25. The summed E-state index contributed by atoms with van der Waals surface area (Å²) in [6, 6.07) is 9.96. The first-order valence-electron chi connectivity index (χ1n) is 12.9. The van der Waals surface area contributed by atoms with Crippen LogP contribution >= 0.6 is 0 Å². The van der Waals surface area contributed by atoms with Gasteiger partial charge in [0.05, 0.1) is 11.3 Å². The van der Waals surface area contributed by atoms with Gasteiger partial charge in [-0.25, -0.2) is 23.4 Å². The average Bonchev–Trinajstić information content (AvgIpc) is 2.90. The molecular weight excluding hydrogens is 531 g/mol. The standard InChI is InChI=1S/C27H32F3N5O3S/c1-4-35(5-2)22-16-20(19-7-6-8-21(15-19)27(28,29)30)9-10-23(22)38-26-12-11-24(18(3)33-26)39(36,37)34-25-13-14-31-17-32-25/h6-8,11-15,17,20,22-23H,4-5,9-10,16H2,1-3H3,(H,31,32,34)/t20-,22-,23-/m0/s1. The Balaban J connectivity index is 1.53. The number of hydrogen-bond donors (Lipinski definition) is 1. The summed E-state index contributed by atoms with van der Waals surface area (Å²) in [6.45, 7) is 7.19. The number of anilines is 1. The largest absolute Gasteiger partial charge is 0.473 e. The van der Waals surface area contributed by atoms with Gasteiger partial charge in [0.1, 0.15) is 23.1 Å². The third-order valence-electron chi connectivity index (χ3n) is 7.12. The van der Waals surface area contributed by atoms with Gasteiger partial charge in [0.25, 0.3) is 10.0 Å². The Bertz CT molecular complexity index is 1370. The van der Waals surface area contributed by atoms with Crippen LogP contribution in [0.25, 0.3) is 0 Å². The molecule has 210 valence electrons. The van der Waals surface area contributed by atoms with Crippen molar-refractivity contribution in [1.82, 2.24) is 19.9 Å². The second-order valence-electron chi connectivity index (χ2n) is 9.51. The second kappa shape index (κ2) is 11.9. The lowest BCUT2D eigenvalue weighted by molar-refractivity contribution is -0.137. The van der Waals surface area contributed by atoms with E-state index in [0.29, 0.717) is 30.7 Å². The van der Waals surface area contributed by atoms with Gasteiger partial charge in [-0.2, -0.15) is 13.2 Å². The molecule has 2 aromatic heterocycles. The maximum absolute atomic E-state index is 13.3. The first kappa shape index (κ1) is 28.8. The highest BCUT2D eigenvalue weighted by atomic mass is 32.2. The van der Waals surface area contributed by atoms with Crippen LogP contribution in [0.15, 0.2) is 59.9 Å². The summed E-state index contributed by atoms with van der Waals surface area (Å²) in [5.74, 6) is 0.408. The van der Waals surface area contributed by atoms with E-state index in [0.717, 1.165) is 19.2 Å². The number of rotatable bonds is 9. The molecule has 8 nitrogen and oxygen atoms in total. The highest BCUT2D eigenvalue weighted by molar-refractivity contribution is 7.92. The number of pyridine rings is 1. The number of alkyl halides is 3. The van der Waals surface area contributed by atoms with Crippen LogP contribution in [0.2, 0.25) is 0 Å². The smallest absolute Gasteiger partial charge is 0.416 e. The normalized spacial score (nSPS) is 20.1. The molecule has 1 aliphatic carbocycles. The second-order valence-corrected chi connectivity index (χ2v) is 11.2. The van der Waals surface area contributed by atoms with E-state index in [1.807, 2.05) is 13.8 Å². The Morgan fingerprint density at radius 2 is 1.87 bits per heavy atom. The molecule has 4 rings (SSSR count). The van der Waals surface area contributed by atoms with Gasteiger partial charge in [-0.05, 0) is 69.0 Å². The number of nitrogens with zero attached hydrogens (tertiary/aromatic N) is 4. The maximum atomic E-state index is 13.3. The summed E-state index contributed by atoms with van der Waals surface area (Å²) in [4.78, 5) is 14.3. The molecular formula is C27H32F3N5O3S. The molecule has 0 spiro atoms. The molecule has 0 unspecified atom stereocenters. The monoisotopic (exact) mass is 563 g/mol. The number of aromatic nitrogens is 3. The van der Waals surface area contributed by atoms with Crippen molar-refractivity contribution in [2.24, 2.45) is 0 Å². The topological polar surface area (TPSA) is 97.3 Å². The van der Waals surface area contributed by atoms with Crippen molar-refractivity contribution < 1.29 is 26.3 Å². The molecule has 1 aromatic carbocycles. The zero-order valence-electron chi connectivity index (χ0n) is 22.0. The fourth-order valence-electron chi connectivity index (χ4n) is 5.18. The summed E-state index contributed by atoms with van der Waals surface area (Å²) < 4.78 is 74.4. The Morgan fingerprint density at radius 3 is 2.51 bits per heavy atom. The number of nitrogens with one attached hydrogen (secondary N) is 1. The molecule has 0 amide bonds. The lowest BCUT2D eigenvalue weighted by Crippen LogP contribution is -2.49. The van der Waals surface area contributed by atoms with Crippen molar-refractivity contribution in [2.45, 2.75) is 69.2 Å². The van der Waals surface area contributed by atoms with Crippen molar-refractivity contribution in [3.63, 3.8) is 0 Å². The molecule has 0 bridgehead atoms. The molecule has 12 heteroatoms. The summed E-state index contributed by atoms with van der Waals surface area (Å²) in [5.41, 5.74) is 0.313. The molecule has 1 fully saturated rings. The van der Waals surface area contributed by atoms with E-state index in [1.165, 1.54) is 42.9 Å². The van der Waals surface area contributed by atoms with Crippen LogP contribution in [-0.4, -0.2) is 53.5 Å². The van der Waals surface area contributed by atoms with E-state index < -0.39 is 21.8 Å². The van der Waals surface area contributed by atoms with Crippen molar-refractivity contribution >= 4 is 15.8 Å². The minimum Gasteiger partial charge on any atom is -0.473 e. The van der Waals surface area contributed by atoms with Gasteiger partial charge in [0.15, 0.2) is 0 Å². The fraction of sp³-hybridized carbons (Fsp3) is 0.444. The van der Waals surface area contributed by atoms with Crippen LogP contribution in [-0.2, 0) is 16.2 Å². The number of benzene rings is 1. The van der Waals surface area contributed by atoms with Gasteiger partial charge >= 0.3 is 6.18 Å². The summed E-state index contributed by atoms with van der Waals surface area (Å²) >= 11 is 0. The van der Waals surface area contributed by atoms with Gasteiger partial charge < -0.3 is 4.74 Å². The number of likely N-dealkylation sites (N-methyl/N-ethyl adjacent to an activating group) is 1. The Kier molecular flexibility index (Phi) is 8.75. The van der Waals surface area contributed by atoms with E-state index in [2.05, 4.69) is 24.6 Å². The van der Waals surface area contributed by atoms with Crippen molar-refractivity contribution in [3.05, 3.63) is 71.8 Å². The average molecular weight is 564 g/mol. The number of sulfonamides is 1. The first-order chi connectivity index (χ1) is 18.5. The van der Waals surface area contributed by atoms with Gasteiger partial charge in [-0.3, -0.25) is 9.62 Å². The summed E-state index contributed by atoms with van der Waals surface area (Å²) in [5, 5.41) is 0. The minimum atomic E-state index is -4.39. The van der Waals surface area contributed by atoms with E-state index in [-0.39, 0.29) is 34.5 Å². The molecule has 1 N–H and O–H groups in total. The van der Waals surface area contributed by atoms with Gasteiger partial charge in [-0.15, -0.1) is 0 Å². The molecule has 1 aliphatic rings. The molecule has 0 radical (unpaired) electrons. The van der Waals surface area contributed by atoms with Crippen molar-refractivity contribution in [3.8, 4) is 5.88 Å². The number of halogens is 3. The van der Waals surface area contributed by atoms with Crippen molar-refractivity contribution in [2.75, 3.05) is 17.8 Å². The van der Waals surface area contributed by atoms with E-state index >= 15 is 0 Å². The van der Waals surface area contributed by atoms with E-state index in [9.17, 15) is 21.6 Å². The third kappa shape index (κ3) is 6.85. The predicted molar refractivity (Wildman–Crippen MR) is 141 cm³/mol. The van der Waals surface area contributed by atoms with E-state index in [4.69, 9.17) is 4.74 Å². The summed E-state index contributed by atoms with van der Waals surface area (Å²) in [7, 11) is -3.92. The molecule has 39 heavy (non-hydrogen) atoms. The molecule has 2 heterocycles. The molecule has 0 aliphatic heterocycles. The van der Waals surface area contributed by atoms with Gasteiger partial charge in [0.2, 0.25) is 5.88 Å². The van der Waals surface area contributed by atoms with Crippen LogP contribution in [0, 0.1) is 6.92 Å². The van der Waals surface area contributed by atoms with E-state index in [1.54, 1.807) is 13.0 Å². The molecule has 1 saturated carbocycles. The first-order valence-corrected chi connectivity index (χ1v) is 14.3. The van der Waals surface area contributed by atoms with Crippen LogP contribution < -0.4 is 9.46 Å². The Labute approximate surface area is 226 Å². The van der Waals surface area contributed by atoms with Crippen LogP contribution in [0.5, 0.6) is 5.88 Å². The van der Waals surface area contributed by atoms with Crippen molar-refractivity contribution in [1.29, 1.82) is 0 Å². The number of ether oxygens (including phenoxy) is 1. The molecule has 3 aromatic rings. The lowest BCUT2D eigenvalue weighted by Gasteiger charge is -2.42. The quantitative estimate of drug-likeness (QED) is 0.371. The SMILES string of the molecule is CCN(CC)[C@H]1C[C@@H](c2cccc(C(F)(F)F)c2)CC[C@@H]1Oc1ccc(S(=O)(=O)Nc2ccncn2)c(C)n1. The maximum Gasteiger partial charge on any atom is 0.416 e. The number of aryl methyl sites for hydroxylation is 1. The lowest BCUT2D eigenvalue weighted by atomic mass is 9.78.